The van der Waals surface area contributed by atoms with Crippen LogP contribution in [-0.4, -0.2) is 31.6 Å². The Morgan fingerprint density at radius 1 is 1.47 bits per heavy atom. The summed E-state index contributed by atoms with van der Waals surface area (Å²) in [7, 11) is 4.19. The maximum Gasteiger partial charge on any atom is 0.100 e. The van der Waals surface area contributed by atoms with Crippen LogP contribution < -0.4 is 5.32 Å². The fraction of sp³-hybridized carbons (Fsp3) is 0.615. The van der Waals surface area contributed by atoms with E-state index < -0.39 is 0 Å². The van der Waals surface area contributed by atoms with Crippen LogP contribution in [0.3, 0.4) is 0 Å². The van der Waals surface area contributed by atoms with Crippen molar-refractivity contribution in [3.8, 4) is 6.07 Å². The molecule has 0 spiro atoms. The van der Waals surface area contributed by atoms with E-state index in [4.69, 9.17) is 5.26 Å². The molecule has 3 nitrogen and oxygen atoms in total. The first-order chi connectivity index (χ1) is 8.02. The van der Waals surface area contributed by atoms with Crippen LogP contribution in [0.5, 0.6) is 0 Å². The highest BCUT2D eigenvalue weighted by Gasteiger charge is 2.13. The van der Waals surface area contributed by atoms with E-state index >= 15 is 0 Å². The Morgan fingerprint density at radius 2 is 2.18 bits per heavy atom. The summed E-state index contributed by atoms with van der Waals surface area (Å²) in [5.41, 5.74) is 0.764. The molecule has 0 saturated heterocycles. The van der Waals surface area contributed by atoms with Crippen molar-refractivity contribution in [1.82, 2.24) is 10.2 Å². The SMILES string of the molecule is CC(C)C(CN(C)C)NCc1cc(C#N)cs1. The molecule has 1 aromatic heterocycles. The van der Waals surface area contributed by atoms with E-state index in [0.717, 1.165) is 18.7 Å². The molecule has 0 saturated carbocycles. The summed E-state index contributed by atoms with van der Waals surface area (Å²) in [6.07, 6.45) is 0. The highest BCUT2D eigenvalue weighted by molar-refractivity contribution is 7.10. The number of nitriles is 1. The zero-order valence-corrected chi connectivity index (χ0v) is 11.8. The van der Waals surface area contributed by atoms with Gasteiger partial charge in [-0.3, -0.25) is 0 Å². The highest BCUT2D eigenvalue weighted by Crippen LogP contribution is 2.14. The van der Waals surface area contributed by atoms with Gasteiger partial charge in [0, 0.05) is 29.4 Å². The molecule has 4 heteroatoms. The van der Waals surface area contributed by atoms with Gasteiger partial charge in [0.05, 0.1) is 5.56 Å². The number of likely N-dealkylation sites (N-methyl/N-ethyl adjacent to an activating group) is 1. The summed E-state index contributed by atoms with van der Waals surface area (Å²) in [5.74, 6) is 0.604. The van der Waals surface area contributed by atoms with Gasteiger partial charge in [-0.25, -0.2) is 0 Å². The van der Waals surface area contributed by atoms with Crippen molar-refractivity contribution < 1.29 is 0 Å². The Balaban J connectivity index is 2.49. The Kier molecular flexibility index (Phi) is 5.63. The minimum absolute atomic E-state index is 0.484. The maximum atomic E-state index is 8.77. The van der Waals surface area contributed by atoms with Crippen LogP contribution in [0.15, 0.2) is 11.4 Å². The summed E-state index contributed by atoms with van der Waals surface area (Å²) in [6.45, 7) is 6.35. The summed E-state index contributed by atoms with van der Waals surface area (Å²) < 4.78 is 0. The summed E-state index contributed by atoms with van der Waals surface area (Å²) in [5, 5.41) is 14.2. The number of hydrogen-bond acceptors (Lipinski definition) is 4. The average Bonchev–Trinajstić information content (AvgIpc) is 2.71. The van der Waals surface area contributed by atoms with Crippen molar-refractivity contribution >= 4 is 11.3 Å². The number of hydrogen-bond donors (Lipinski definition) is 1. The lowest BCUT2D eigenvalue weighted by atomic mass is 10.0. The van der Waals surface area contributed by atoms with E-state index in [9.17, 15) is 0 Å². The Bertz CT molecular complexity index is 376. The molecular formula is C13H21N3S. The monoisotopic (exact) mass is 251 g/mol. The molecule has 17 heavy (non-hydrogen) atoms. The van der Waals surface area contributed by atoms with Crippen molar-refractivity contribution in [1.29, 1.82) is 5.26 Å². The van der Waals surface area contributed by atoms with E-state index in [2.05, 4.69) is 44.2 Å². The molecule has 1 atom stereocenters. The largest absolute Gasteiger partial charge is 0.308 e. The molecule has 0 fully saturated rings. The first kappa shape index (κ1) is 14.2. The quantitative estimate of drug-likeness (QED) is 0.843. The van der Waals surface area contributed by atoms with Crippen LogP contribution in [0.1, 0.15) is 24.3 Å². The van der Waals surface area contributed by atoms with Crippen molar-refractivity contribution in [3.05, 3.63) is 21.9 Å². The van der Waals surface area contributed by atoms with Gasteiger partial charge in [-0.1, -0.05) is 13.8 Å². The van der Waals surface area contributed by atoms with E-state index in [-0.39, 0.29) is 0 Å². The third-order valence-electron chi connectivity index (χ3n) is 2.69. The number of thiophene rings is 1. The second-order valence-electron chi connectivity index (χ2n) is 4.91. The number of rotatable bonds is 6. The zero-order valence-electron chi connectivity index (χ0n) is 11.0. The normalized spacial score (nSPS) is 13.0. The molecule has 1 rings (SSSR count). The van der Waals surface area contributed by atoms with E-state index in [1.54, 1.807) is 11.3 Å². The predicted molar refractivity (Wildman–Crippen MR) is 73.1 cm³/mol. The first-order valence-corrected chi connectivity index (χ1v) is 6.76. The van der Waals surface area contributed by atoms with Gasteiger partial charge in [0.15, 0.2) is 0 Å². The van der Waals surface area contributed by atoms with E-state index in [0.29, 0.717) is 12.0 Å². The molecule has 0 amide bonds. The lowest BCUT2D eigenvalue weighted by molar-refractivity contribution is 0.288. The van der Waals surface area contributed by atoms with Crippen LogP contribution >= 0.6 is 11.3 Å². The second-order valence-corrected chi connectivity index (χ2v) is 5.90. The van der Waals surface area contributed by atoms with E-state index in [1.165, 1.54) is 4.88 Å². The van der Waals surface area contributed by atoms with Gasteiger partial charge >= 0.3 is 0 Å². The van der Waals surface area contributed by atoms with Crippen LogP contribution in [0, 0.1) is 17.2 Å². The van der Waals surface area contributed by atoms with Gasteiger partial charge in [-0.2, -0.15) is 5.26 Å². The van der Waals surface area contributed by atoms with Gasteiger partial charge in [0.1, 0.15) is 6.07 Å². The van der Waals surface area contributed by atoms with Gasteiger partial charge in [0.2, 0.25) is 0 Å². The predicted octanol–water partition coefficient (Wildman–Crippen LogP) is 2.30. The molecule has 1 unspecified atom stereocenters. The fourth-order valence-corrected chi connectivity index (χ4v) is 2.43. The summed E-state index contributed by atoms with van der Waals surface area (Å²) in [4.78, 5) is 3.43. The van der Waals surface area contributed by atoms with Gasteiger partial charge < -0.3 is 10.2 Å². The molecule has 0 aliphatic carbocycles. The van der Waals surface area contributed by atoms with Crippen molar-refractivity contribution in [2.24, 2.45) is 5.92 Å². The molecule has 1 N–H and O–H groups in total. The summed E-state index contributed by atoms with van der Waals surface area (Å²) in [6, 6.07) is 4.61. The Hall–Kier alpha value is -0.890. The molecule has 1 aromatic rings. The third-order valence-corrected chi connectivity index (χ3v) is 3.62. The molecule has 0 radical (unpaired) electrons. The molecule has 1 heterocycles. The Morgan fingerprint density at radius 3 is 2.65 bits per heavy atom. The van der Waals surface area contributed by atoms with Gasteiger partial charge in [0.25, 0.3) is 0 Å². The average molecular weight is 251 g/mol. The molecule has 0 aromatic carbocycles. The second kappa shape index (κ2) is 6.75. The maximum absolute atomic E-state index is 8.77. The summed E-state index contributed by atoms with van der Waals surface area (Å²) >= 11 is 1.65. The smallest absolute Gasteiger partial charge is 0.100 e. The minimum Gasteiger partial charge on any atom is -0.308 e. The third kappa shape index (κ3) is 4.86. The van der Waals surface area contributed by atoms with E-state index in [1.807, 2.05) is 11.4 Å². The highest BCUT2D eigenvalue weighted by atomic mass is 32.1. The van der Waals surface area contributed by atoms with Crippen molar-refractivity contribution in [2.75, 3.05) is 20.6 Å². The van der Waals surface area contributed by atoms with Crippen LogP contribution in [0.4, 0.5) is 0 Å². The topological polar surface area (TPSA) is 39.1 Å². The molecular weight excluding hydrogens is 230 g/mol. The molecule has 94 valence electrons. The molecule has 0 bridgehead atoms. The minimum atomic E-state index is 0.484. The fourth-order valence-electron chi connectivity index (χ4n) is 1.67. The van der Waals surface area contributed by atoms with Crippen molar-refractivity contribution in [2.45, 2.75) is 26.4 Å². The standard InChI is InChI=1S/C13H21N3S/c1-10(2)13(8-16(3)4)15-7-12-5-11(6-14)9-17-12/h5,9-10,13,15H,7-8H2,1-4H3. The van der Waals surface area contributed by atoms with Crippen molar-refractivity contribution in [3.63, 3.8) is 0 Å². The van der Waals surface area contributed by atoms with Crippen LogP contribution in [0.25, 0.3) is 0 Å². The van der Waals surface area contributed by atoms with Crippen LogP contribution in [-0.2, 0) is 6.54 Å². The van der Waals surface area contributed by atoms with Crippen LogP contribution in [0.2, 0.25) is 0 Å². The lowest BCUT2D eigenvalue weighted by Crippen LogP contribution is -2.41. The molecule has 0 aliphatic heterocycles. The lowest BCUT2D eigenvalue weighted by Gasteiger charge is -2.25. The molecule has 0 aliphatic rings. The van der Waals surface area contributed by atoms with Gasteiger partial charge in [-0.05, 0) is 26.1 Å². The number of nitrogens with one attached hydrogen (secondary N) is 1. The Labute approximate surface area is 108 Å². The van der Waals surface area contributed by atoms with Gasteiger partial charge in [-0.15, -0.1) is 11.3 Å². The zero-order chi connectivity index (χ0) is 12.8. The first-order valence-electron chi connectivity index (χ1n) is 5.88. The number of nitrogens with zero attached hydrogens (tertiary/aromatic N) is 2.